The summed E-state index contributed by atoms with van der Waals surface area (Å²) >= 11 is 0. The molecule has 0 saturated carbocycles. The lowest BCUT2D eigenvalue weighted by atomic mass is 9.58. The Labute approximate surface area is 232 Å². The Kier molecular flexibility index (Phi) is 6.59. The minimum absolute atomic E-state index is 0.0175. The van der Waals surface area contributed by atoms with Gasteiger partial charge in [0, 0.05) is 11.5 Å². The van der Waals surface area contributed by atoms with Crippen LogP contribution in [0.1, 0.15) is 22.3 Å². The third kappa shape index (κ3) is 4.21. The summed E-state index contributed by atoms with van der Waals surface area (Å²) in [5, 5.41) is 47.0. The fourth-order valence-corrected chi connectivity index (χ4v) is 6.07. The standard InChI is InChI=1S/C28H26FN3O9/c1-32(2)20-15-10-12-9-11-3-8-16(31-27(39)41-14-6-4-13(29)5-7-14)21(33)17(11)22(34)18(12)24(36)28(15,40)25(37)19(23(20)35)26(30)38/h3-8,12,15,20,33,35-36,40H,9-10H2,1-2H3,(H2,30,38)(H,31,39). The number of nitrogens with zero attached hydrogens (tertiary/aromatic N) is 1. The van der Waals surface area contributed by atoms with Crippen molar-refractivity contribution < 1.29 is 48.7 Å². The van der Waals surface area contributed by atoms with Gasteiger partial charge in [-0.25, -0.2) is 9.18 Å². The molecule has 3 aliphatic rings. The fourth-order valence-electron chi connectivity index (χ4n) is 6.07. The van der Waals surface area contributed by atoms with Crippen molar-refractivity contribution >= 4 is 29.3 Å². The predicted molar refractivity (Wildman–Crippen MR) is 140 cm³/mol. The highest BCUT2D eigenvalue weighted by Gasteiger charge is 2.63. The van der Waals surface area contributed by atoms with E-state index < -0.39 is 75.7 Å². The molecule has 0 radical (unpaired) electrons. The number of phenols is 1. The van der Waals surface area contributed by atoms with Crippen LogP contribution < -0.4 is 15.8 Å². The molecule has 0 spiro atoms. The number of carbonyl (C=O) groups excluding carboxylic acids is 4. The number of halogens is 1. The van der Waals surface area contributed by atoms with E-state index in [2.05, 4.69) is 5.32 Å². The van der Waals surface area contributed by atoms with E-state index in [0.717, 1.165) is 12.1 Å². The van der Waals surface area contributed by atoms with Crippen molar-refractivity contribution in [3.63, 3.8) is 0 Å². The quantitative estimate of drug-likeness (QED) is 0.234. The summed E-state index contributed by atoms with van der Waals surface area (Å²) in [6.45, 7) is 0. The molecule has 2 amide bonds. The van der Waals surface area contributed by atoms with Crippen molar-refractivity contribution in [1.82, 2.24) is 4.90 Å². The van der Waals surface area contributed by atoms with Crippen molar-refractivity contribution in [1.29, 1.82) is 0 Å². The van der Waals surface area contributed by atoms with E-state index in [-0.39, 0.29) is 35.4 Å². The molecule has 41 heavy (non-hydrogen) atoms. The molecule has 2 aromatic rings. The lowest BCUT2D eigenvalue weighted by Crippen LogP contribution is -2.63. The van der Waals surface area contributed by atoms with Crippen LogP contribution in [0.5, 0.6) is 11.5 Å². The Morgan fingerprint density at radius 1 is 1.10 bits per heavy atom. The normalized spacial score (nSPS) is 25.4. The molecular weight excluding hydrogens is 541 g/mol. The number of primary amides is 1. The first kappa shape index (κ1) is 27.8. The Bertz CT molecular complexity index is 1580. The van der Waals surface area contributed by atoms with Gasteiger partial charge in [-0.05, 0) is 68.8 Å². The van der Waals surface area contributed by atoms with Crippen LogP contribution in [0.2, 0.25) is 0 Å². The molecule has 0 heterocycles. The van der Waals surface area contributed by atoms with Crippen molar-refractivity contribution in [3.8, 4) is 11.5 Å². The number of anilines is 1. The minimum Gasteiger partial charge on any atom is -0.510 e. The Morgan fingerprint density at radius 3 is 2.37 bits per heavy atom. The first-order chi connectivity index (χ1) is 19.3. The third-order valence-electron chi connectivity index (χ3n) is 7.86. The topological polar surface area (TPSA) is 200 Å². The average Bonchev–Trinajstić information content (AvgIpc) is 2.89. The molecule has 12 nitrogen and oxygen atoms in total. The summed E-state index contributed by atoms with van der Waals surface area (Å²) in [5.41, 5.74) is 1.24. The van der Waals surface area contributed by atoms with E-state index >= 15 is 0 Å². The van der Waals surface area contributed by atoms with E-state index in [1.807, 2.05) is 0 Å². The number of hydrogen-bond acceptors (Lipinski definition) is 10. The summed E-state index contributed by atoms with van der Waals surface area (Å²) in [5.74, 6) is -8.22. The van der Waals surface area contributed by atoms with E-state index in [1.165, 1.54) is 29.2 Å². The smallest absolute Gasteiger partial charge is 0.417 e. The molecule has 5 rings (SSSR count). The van der Waals surface area contributed by atoms with Crippen LogP contribution >= 0.6 is 0 Å². The number of ketones is 2. The van der Waals surface area contributed by atoms with Crippen LogP contribution in [-0.4, -0.2) is 74.6 Å². The molecular formula is C28H26FN3O9. The van der Waals surface area contributed by atoms with Gasteiger partial charge in [0.2, 0.25) is 5.78 Å². The molecule has 4 unspecified atom stereocenters. The Hall–Kier alpha value is -4.75. The number of aliphatic hydroxyl groups excluding tert-OH is 2. The van der Waals surface area contributed by atoms with Gasteiger partial charge in [0.05, 0.1) is 17.3 Å². The SMILES string of the molecule is CN(C)C1C(O)=C(C(N)=O)C(=O)C2(O)C(O)=C3C(=O)c4c(ccc(NC(=O)Oc5ccc(F)cc5)c4O)CC3CC12. The zero-order valence-corrected chi connectivity index (χ0v) is 21.8. The second kappa shape index (κ2) is 9.71. The zero-order chi connectivity index (χ0) is 30.0. The summed E-state index contributed by atoms with van der Waals surface area (Å²) in [4.78, 5) is 53.0. The number of likely N-dealkylation sites (N-methyl/N-ethyl adjacent to an activating group) is 1. The maximum absolute atomic E-state index is 13.7. The number of nitrogens with one attached hydrogen (secondary N) is 1. The van der Waals surface area contributed by atoms with E-state index in [4.69, 9.17) is 10.5 Å². The number of aromatic hydroxyl groups is 1. The van der Waals surface area contributed by atoms with E-state index in [1.54, 1.807) is 14.1 Å². The van der Waals surface area contributed by atoms with Crippen LogP contribution in [0.3, 0.4) is 0 Å². The van der Waals surface area contributed by atoms with Gasteiger partial charge in [0.1, 0.15) is 28.7 Å². The molecule has 13 heteroatoms. The molecule has 4 atom stereocenters. The first-order valence-electron chi connectivity index (χ1n) is 12.5. The Balaban J connectivity index is 1.53. The van der Waals surface area contributed by atoms with Gasteiger partial charge in [-0.3, -0.25) is 24.6 Å². The van der Waals surface area contributed by atoms with Gasteiger partial charge in [-0.1, -0.05) is 6.07 Å². The Morgan fingerprint density at radius 2 is 1.76 bits per heavy atom. The van der Waals surface area contributed by atoms with Gasteiger partial charge in [0.25, 0.3) is 5.91 Å². The van der Waals surface area contributed by atoms with Crippen LogP contribution in [0.25, 0.3) is 0 Å². The van der Waals surface area contributed by atoms with Crippen molar-refractivity contribution in [2.75, 3.05) is 19.4 Å². The number of nitrogens with two attached hydrogens (primary N) is 1. The second-order valence-corrected chi connectivity index (χ2v) is 10.4. The number of rotatable bonds is 4. The minimum atomic E-state index is -2.75. The van der Waals surface area contributed by atoms with Crippen LogP contribution in [0.15, 0.2) is 59.1 Å². The molecule has 0 aliphatic heterocycles. The average molecular weight is 568 g/mol. The number of Topliss-reactive ketones (excluding diaryl/α,β-unsaturated/α-hetero) is 2. The number of allylic oxidation sites excluding steroid dienone is 1. The highest BCUT2D eigenvalue weighted by molar-refractivity contribution is 6.25. The van der Waals surface area contributed by atoms with Crippen molar-refractivity contribution in [3.05, 3.63) is 76.0 Å². The predicted octanol–water partition coefficient (Wildman–Crippen LogP) is 1.87. The summed E-state index contributed by atoms with van der Waals surface area (Å²) < 4.78 is 18.2. The molecule has 7 N–H and O–H groups in total. The maximum Gasteiger partial charge on any atom is 0.417 e. The third-order valence-corrected chi connectivity index (χ3v) is 7.86. The first-order valence-corrected chi connectivity index (χ1v) is 12.5. The maximum atomic E-state index is 13.7. The summed E-state index contributed by atoms with van der Waals surface area (Å²) in [6, 6.07) is 6.35. The lowest BCUT2D eigenvalue weighted by molar-refractivity contribution is -0.148. The van der Waals surface area contributed by atoms with Gasteiger partial charge in [-0.15, -0.1) is 0 Å². The lowest BCUT2D eigenvalue weighted by Gasteiger charge is -2.50. The second-order valence-electron chi connectivity index (χ2n) is 10.4. The highest BCUT2D eigenvalue weighted by atomic mass is 19.1. The van der Waals surface area contributed by atoms with Crippen LogP contribution in [0.4, 0.5) is 14.9 Å². The number of amides is 2. The molecule has 214 valence electrons. The number of hydrogen-bond donors (Lipinski definition) is 6. The number of phenolic OH excluding ortho intramolecular Hbond substituents is 1. The number of carbonyl (C=O) groups is 4. The van der Waals surface area contributed by atoms with Crippen molar-refractivity contribution in [2.24, 2.45) is 17.6 Å². The monoisotopic (exact) mass is 567 g/mol. The van der Waals surface area contributed by atoms with Crippen LogP contribution in [0, 0.1) is 17.7 Å². The van der Waals surface area contributed by atoms with Crippen molar-refractivity contribution in [2.45, 2.75) is 24.5 Å². The number of ether oxygens (including phenoxy) is 1. The summed E-state index contributed by atoms with van der Waals surface area (Å²) in [7, 11) is 3.09. The van der Waals surface area contributed by atoms with Gasteiger partial charge < -0.3 is 30.9 Å². The molecule has 0 bridgehead atoms. The summed E-state index contributed by atoms with van der Waals surface area (Å²) in [6.07, 6.45) is -0.989. The molecule has 2 aromatic carbocycles. The fraction of sp³-hybridized carbons (Fsp3) is 0.286. The highest BCUT2D eigenvalue weighted by Crippen LogP contribution is 2.52. The number of aliphatic hydroxyl groups is 3. The number of benzene rings is 2. The molecule has 3 aliphatic carbocycles. The van der Waals surface area contributed by atoms with Gasteiger partial charge in [0.15, 0.2) is 17.1 Å². The van der Waals surface area contributed by atoms with Gasteiger partial charge >= 0.3 is 6.09 Å². The van der Waals surface area contributed by atoms with E-state index in [0.29, 0.717) is 5.56 Å². The van der Waals surface area contributed by atoms with Gasteiger partial charge in [-0.2, -0.15) is 0 Å². The molecule has 0 aromatic heterocycles. The zero-order valence-electron chi connectivity index (χ0n) is 21.8. The molecule has 0 fully saturated rings. The molecule has 0 saturated heterocycles. The van der Waals surface area contributed by atoms with E-state index in [9.17, 15) is 44.0 Å². The number of fused-ring (bicyclic) bond motifs is 3. The van der Waals surface area contributed by atoms with Crippen LogP contribution in [-0.2, 0) is 16.0 Å². The largest absolute Gasteiger partial charge is 0.510 e.